The molecule has 0 atom stereocenters. The van der Waals surface area contributed by atoms with E-state index in [2.05, 4.69) is 36.9 Å². The van der Waals surface area contributed by atoms with Gasteiger partial charge in [0, 0.05) is 18.3 Å². The molecule has 0 unspecified atom stereocenters. The van der Waals surface area contributed by atoms with Crippen LogP contribution in [0.15, 0.2) is 36.4 Å². The lowest BCUT2D eigenvalue weighted by Crippen LogP contribution is -2.13. The topological polar surface area (TPSA) is 20.3 Å². The van der Waals surface area contributed by atoms with Crippen LogP contribution in [0.5, 0.6) is 0 Å². The van der Waals surface area contributed by atoms with E-state index in [-0.39, 0.29) is 0 Å². The maximum Gasteiger partial charge on any atom is 0.152 e. The second-order valence-corrected chi connectivity index (χ2v) is 5.03. The van der Waals surface area contributed by atoms with Gasteiger partial charge in [-0.15, -0.1) is 0 Å². The van der Waals surface area contributed by atoms with E-state index >= 15 is 0 Å². The zero-order valence-corrected chi connectivity index (χ0v) is 11.9. The Labute approximate surface area is 114 Å². The van der Waals surface area contributed by atoms with Gasteiger partial charge in [-0.3, -0.25) is 4.79 Å². The Morgan fingerprint density at radius 3 is 2.05 bits per heavy atom. The summed E-state index contributed by atoms with van der Waals surface area (Å²) in [5, 5.41) is 0. The fourth-order valence-electron chi connectivity index (χ4n) is 2.39. The highest BCUT2D eigenvalue weighted by Gasteiger charge is 2.11. The zero-order valence-electron chi connectivity index (χ0n) is 11.9. The molecule has 98 valence electrons. The highest BCUT2D eigenvalue weighted by molar-refractivity contribution is 5.87. The Kier molecular flexibility index (Phi) is 3.70. The molecular formula is C17H19NO. The Hall–Kier alpha value is -2.09. The lowest BCUT2D eigenvalue weighted by molar-refractivity contribution is 0.112. The summed E-state index contributed by atoms with van der Waals surface area (Å²) in [5.41, 5.74) is 6.33. The van der Waals surface area contributed by atoms with Crippen molar-refractivity contribution in [1.29, 1.82) is 0 Å². The third kappa shape index (κ3) is 2.68. The average molecular weight is 253 g/mol. The van der Waals surface area contributed by atoms with Crippen molar-refractivity contribution in [2.75, 3.05) is 11.9 Å². The van der Waals surface area contributed by atoms with Crippen LogP contribution in [0.3, 0.4) is 0 Å². The number of carbonyl (C=O) groups excluding carboxylic acids is 1. The van der Waals surface area contributed by atoms with Gasteiger partial charge in [0.1, 0.15) is 0 Å². The first-order valence-electron chi connectivity index (χ1n) is 6.39. The van der Waals surface area contributed by atoms with E-state index in [1.807, 2.05) is 32.2 Å². The maximum absolute atomic E-state index is 11.2. The van der Waals surface area contributed by atoms with Crippen LogP contribution in [0.4, 0.5) is 11.4 Å². The molecule has 0 fully saturated rings. The first kappa shape index (κ1) is 13.3. The molecule has 19 heavy (non-hydrogen) atoms. The van der Waals surface area contributed by atoms with Gasteiger partial charge in [0.2, 0.25) is 0 Å². The zero-order chi connectivity index (χ0) is 14.0. The normalized spacial score (nSPS) is 10.3. The minimum Gasteiger partial charge on any atom is -0.344 e. The molecule has 0 amide bonds. The molecule has 0 N–H and O–H groups in total. The standard InChI is InChI=1S/C17H19NO/c1-12-5-7-16(14(3)9-12)18(4)17-8-6-13(2)10-15(17)11-19/h5-11H,1-4H3. The second kappa shape index (κ2) is 5.27. The van der Waals surface area contributed by atoms with Gasteiger partial charge in [-0.25, -0.2) is 0 Å². The molecule has 0 bridgehead atoms. The second-order valence-electron chi connectivity index (χ2n) is 5.03. The SMILES string of the molecule is Cc1ccc(N(C)c2ccc(C)cc2C=O)c(C)c1. The quantitative estimate of drug-likeness (QED) is 0.764. The van der Waals surface area contributed by atoms with Crippen LogP contribution < -0.4 is 4.90 Å². The molecule has 0 saturated carbocycles. The van der Waals surface area contributed by atoms with E-state index in [1.54, 1.807) is 0 Å². The van der Waals surface area contributed by atoms with Crippen molar-refractivity contribution in [2.45, 2.75) is 20.8 Å². The van der Waals surface area contributed by atoms with Gasteiger partial charge >= 0.3 is 0 Å². The summed E-state index contributed by atoms with van der Waals surface area (Å²) in [6, 6.07) is 12.3. The van der Waals surface area contributed by atoms with E-state index in [1.165, 1.54) is 11.1 Å². The number of nitrogens with zero attached hydrogens (tertiary/aromatic N) is 1. The molecule has 0 aliphatic rings. The summed E-state index contributed by atoms with van der Waals surface area (Å²) >= 11 is 0. The number of anilines is 2. The van der Waals surface area contributed by atoms with Crippen molar-refractivity contribution >= 4 is 17.7 Å². The number of rotatable bonds is 3. The van der Waals surface area contributed by atoms with Gasteiger partial charge in [-0.2, -0.15) is 0 Å². The van der Waals surface area contributed by atoms with Gasteiger partial charge in [0.15, 0.2) is 6.29 Å². The first-order valence-corrected chi connectivity index (χ1v) is 6.39. The molecule has 2 rings (SSSR count). The molecule has 0 heterocycles. The van der Waals surface area contributed by atoms with E-state index in [0.29, 0.717) is 0 Å². The first-order chi connectivity index (χ1) is 9.02. The maximum atomic E-state index is 11.2. The van der Waals surface area contributed by atoms with Crippen LogP contribution in [0.1, 0.15) is 27.0 Å². The molecule has 2 nitrogen and oxygen atoms in total. The lowest BCUT2D eigenvalue weighted by Gasteiger charge is -2.23. The highest BCUT2D eigenvalue weighted by Crippen LogP contribution is 2.29. The summed E-state index contributed by atoms with van der Waals surface area (Å²) in [7, 11) is 2.00. The number of hydrogen-bond donors (Lipinski definition) is 0. The van der Waals surface area contributed by atoms with E-state index < -0.39 is 0 Å². The van der Waals surface area contributed by atoms with E-state index in [4.69, 9.17) is 0 Å². The largest absolute Gasteiger partial charge is 0.344 e. The summed E-state index contributed by atoms with van der Waals surface area (Å²) < 4.78 is 0. The van der Waals surface area contributed by atoms with Crippen LogP contribution in [-0.2, 0) is 0 Å². The van der Waals surface area contributed by atoms with Crippen molar-refractivity contribution in [3.05, 3.63) is 58.7 Å². The van der Waals surface area contributed by atoms with Crippen molar-refractivity contribution in [3.63, 3.8) is 0 Å². The molecule has 0 saturated heterocycles. The number of benzene rings is 2. The van der Waals surface area contributed by atoms with Crippen molar-refractivity contribution in [1.82, 2.24) is 0 Å². The molecule has 2 aromatic carbocycles. The van der Waals surface area contributed by atoms with Gasteiger partial charge in [-0.1, -0.05) is 29.3 Å². The third-order valence-electron chi connectivity index (χ3n) is 3.39. The summed E-state index contributed by atoms with van der Waals surface area (Å²) in [4.78, 5) is 13.3. The van der Waals surface area contributed by atoms with Crippen LogP contribution in [-0.4, -0.2) is 13.3 Å². The summed E-state index contributed by atoms with van der Waals surface area (Å²) in [6.07, 6.45) is 0.919. The van der Waals surface area contributed by atoms with Gasteiger partial charge in [0.05, 0.1) is 5.69 Å². The average Bonchev–Trinajstić information content (AvgIpc) is 2.37. The van der Waals surface area contributed by atoms with Crippen molar-refractivity contribution in [2.24, 2.45) is 0 Å². The van der Waals surface area contributed by atoms with Crippen LogP contribution in [0, 0.1) is 20.8 Å². The Morgan fingerprint density at radius 2 is 1.47 bits per heavy atom. The smallest absolute Gasteiger partial charge is 0.152 e. The Morgan fingerprint density at radius 1 is 0.895 bits per heavy atom. The summed E-state index contributed by atoms with van der Waals surface area (Å²) in [5.74, 6) is 0. The van der Waals surface area contributed by atoms with Gasteiger partial charge < -0.3 is 4.90 Å². The number of carbonyl (C=O) groups is 1. The van der Waals surface area contributed by atoms with Crippen LogP contribution >= 0.6 is 0 Å². The minimum atomic E-state index is 0.725. The number of aryl methyl sites for hydroxylation is 3. The molecule has 0 aromatic heterocycles. The predicted molar refractivity (Wildman–Crippen MR) is 80.5 cm³/mol. The lowest BCUT2D eigenvalue weighted by atomic mass is 10.1. The van der Waals surface area contributed by atoms with Gasteiger partial charge in [0.25, 0.3) is 0 Å². The Bertz CT molecular complexity index is 617. The molecule has 0 aliphatic heterocycles. The minimum absolute atomic E-state index is 0.725. The number of aldehydes is 1. The number of hydrogen-bond acceptors (Lipinski definition) is 2. The van der Waals surface area contributed by atoms with Crippen LogP contribution in [0.25, 0.3) is 0 Å². The monoisotopic (exact) mass is 253 g/mol. The highest BCUT2D eigenvalue weighted by atomic mass is 16.1. The molecule has 0 radical (unpaired) electrons. The van der Waals surface area contributed by atoms with E-state index in [9.17, 15) is 4.79 Å². The van der Waals surface area contributed by atoms with E-state index in [0.717, 1.165) is 28.8 Å². The molecule has 0 aliphatic carbocycles. The molecular weight excluding hydrogens is 234 g/mol. The molecule has 2 heteroatoms. The van der Waals surface area contributed by atoms with Crippen LogP contribution in [0.2, 0.25) is 0 Å². The molecule has 0 spiro atoms. The third-order valence-corrected chi connectivity index (χ3v) is 3.39. The fourth-order valence-corrected chi connectivity index (χ4v) is 2.39. The summed E-state index contributed by atoms with van der Waals surface area (Å²) in [6.45, 7) is 6.17. The Balaban J connectivity index is 2.49. The molecule has 2 aromatic rings. The van der Waals surface area contributed by atoms with Crippen molar-refractivity contribution in [3.8, 4) is 0 Å². The fraction of sp³-hybridized carbons (Fsp3) is 0.235. The van der Waals surface area contributed by atoms with Gasteiger partial charge in [-0.05, 0) is 44.5 Å². The van der Waals surface area contributed by atoms with Crippen molar-refractivity contribution < 1.29 is 4.79 Å². The predicted octanol–water partition coefficient (Wildman–Crippen LogP) is 4.19.